The van der Waals surface area contributed by atoms with Crippen LogP contribution in [0.3, 0.4) is 0 Å². The highest BCUT2D eigenvalue weighted by Crippen LogP contribution is 2.43. The van der Waals surface area contributed by atoms with Crippen LogP contribution >= 0.6 is 22.7 Å². The van der Waals surface area contributed by atoms with Crippen LogP contribution in [0.25, 0.3) is 0 Å². The first-order valence-electron chi connectivity index (χ1n) is 8.79. The molecule has 0 radical (unpaired) electrons. The van der Waals surface area contributed by atoms with Gasteiger partial charge in [-0.2, -0.15) is 0 Å². The van der Waals surface area contributed by atoms with Gasteiger partial charge in [-0.1, -0.05) is 35.2 Å². The molecular formula is C17H19N7OS2. The Kier molecular flexibility index (Phi) is 5.35. The SMILES string of the molecule is Nc1nnc(C2CCCC(c3nnc(NC(=O)Cc4ccccn4)s3)C2)s1. The Balaban J connectivity index is 1.37. The van der Waals surface area contributed by atoms with Gasteiger partial charge in [0.2, 0.25) is 16.2 Å². The Hall–Kier alpha value is -2.46. The lowest BCUT2D eigenvalue weighted by Crippen LogP contribution is -2.14. The first-order valence-corrected chi connectivity index (χ1v) is 10.4. The average Bonchev–Trinajstić information content (AvgIpc) is 3.32. The summed E-state index contributed by atoms with van der Waals surface area (Å²) in [5.41, 5.74) is 6.44. The van der Waals surface area contributed by atoms with Gasteiger partial charge in [-0.25, -0.2) is 0 Å². The smallest absolute Gasteiger partial charge is 0.232 e. The Morgan fingerprint density at radius 2 is 1.89 bits per heavy atom. The maximum atomic E-state index is 12.2. The number of carbonyl (C=O) groups excluding carboxylic acids is 1. The van der Waals surface area contributed by atoms with Crippen LogP contribution in [0.1, 0.15) is 53.2 Å². The molecule has 3 aromatic heterocycles. The van der Waals surface area contributed by atoms with Crippen molar-refractivity contribution in [3.63, 3.8) is 0 Å². The number of rotatable bonds is 5. The number of nitrogens with zero attached hydrogens (tertiary/aromatic N) is 5. The van der Waals surface area contributed by atoms with Gasteiger partial charge in [-0.15, -0.1) is 20.4 Å². The van der Waals surface area contributed by atoms with Crippen molar-refractivity contribution >= 4 is 38.8 Å². The summed E-state index contributed by atoms with van der Waals surface area (Å²) in [5, 5.41) is 22.4. The highest BCUT2D eigenvalue weighted by Gasteiger charge is 2.29. The van der Waals surface area contributed by atoms with E-state index < -0.39 is 0 Å². The number of aromatic nitrogens is 5. The molecular weight excluding hydrogens is 382 g/mol. The van der Waals surface area contributed by atoms with Crippen LogP contribution in [-0.2, 0) is 11.2 Å². The van der Waals surface area contributed by atoms with E-state index in [1.165, 1.54) is 22.7 Å². The number of hydrogen-bond acceptors (Lipinski definition) is 9. The van der Waals surface area contributed by atoms with Crippen LogP contribution in [0.5, 0.6) is 0 Å². The first-order chi connectivity index (χ1) is 13.2. The normalized spacial score (nSPS) is 19.7. The van der Waals surface area contributed by atoms with E-state index in [2.05, 4.69) is 30.7 Å². The molecule has 4 rings (SSSR count). The molecule has 140 valence electrons. The van der Waals surface area contributed by atoms with Gasteiger partial charge in [-0.3, -0.25) is 9.78 Å². The van der Waals surface area contributed by atoms with E-state index in [0.717, 1.165) is 41.4 Å². The Labute approximate surface area is 164 Å². The van der Waals surface area contributed by atoms with Gasteiger partial charge >= 0.3 is 0 Å². The zero-order chi connectivity index (χ0) is 18.6. The van der Waals surface area contributed by atoms with Crippen LogP contribution in [0.4, 0.5) is 10.3 Å². The fourth-order valence-electron chi connectivity index (χ4n) is 3.33. The minimum absolute atomic E-state index is 0.137. The van der Waals surface area contributed by atoms with E-state index in [-0.39, 0.29) is 12.3 Å². The fraction of sp³-hybridized carbons (Fsp3) is 0.412. The first kappa shape index (κ1) is 17.9. The van der Waals surface area contributed by atoms with E-state index in [1.54, 1.807) is 6.20 Å². The summed E-state index contributed by atoms with van der Waals surface area (Å²) in [7, 11) is 0. The van der Waals surface area contributed by atoms with Crippen molar-refractivity contribution in [3.8, 4) is 0 Å². The lowest BCUT2D eigenvalue weighted by Gasteiger charge is -2.25. The third-order valence-corrected chi connectivity index (χ3v) is 6.50. The van der Waals surface area contributed by atoms with Crippen molar-refractivity contribution in [3.05, 3.63) is 40.1 Å². The molecule has 1 amide bonds. The van der Waals surface area contributed by atoms with Crippen molar-refractivity contribution in [2.45, 2.75) is 43.9 Å². The summed E-state index contributed by atoms with van der Waals surface area (Å²) in [6.07, 6.45) is 6.14. The maximum absolute atomic E-state index is 12.2. The molecule has 10 heteroatoms. The molecule has 1 saturated carbocycles. The number of pyridine rings is 1. The second kappa shape index (κ2) is 8.05. The Bertz CT molecular complexity index is 911. The number of nitrogens with two attached hydrogens (primary N) is 1. The molecule has 1 fully saturated rings. The Morgan fingerprint density at radius 3 is 2.59 bits per heavy atom. The zero-order valence-electron chi connectivity index (χ0n) is 14.5. The highest BCUT2D eigenvalue weighted by molar-refractivity contribution is 7.15. The molecule has 1 aliphatic rings. The van der Waals surface area contributed by atoms with E-state index >= 15 is 0 Å². The van der Waals surface area contributed by atoms with Gasteiger partial charge in [0, 0.05) is 23.7 Å². The van der Waals surface area contributed by atoms with Crippen molar-refractivity contribution < 1.29 is 4.79 Å². The minimum Gasteiger partial charge on any atom is -0.374 e. The minimum atomic E-state index is -0.137. The van der Waals surface area contributed by atoms with Gasteiger partial charge < -0.3 is 11.1 Å². The second-order valence-electron chi connectivity index (χ2n) is 6.53. The molecule has 2 atom stereocenters. The summed E-state index contributed by atoms with van der Waals surface area (Å²) in [6.45, 7) is 0. The lowest BCUT2D eigenvalue weighted by atomic mass is 9.82. The molecule has 0 spiro atoms. The topological polar surface area (TPSA) is 120 Å². The number of nitrogen functional groups attached to an aromatic ring is 1. The average molecular weight is 402 g/mol. The molecule has 2 unspecified atom stereocenters. The summed E-state index contributed by atoms with van der Waals surface area (Å²) in [6, 6.07) is 5.52. The van der Waals surface area contributed by atoms with Crippen LogP contribution in [0.2, 0.25) is 0 Å². The fourth-order valence-corrected chi connectivity index (χ4v) is 5.00. The van der Waals surface area contributed by atoms with Crippen molar-refractivity contribution in [2.24, 2.45) is 0 Å². The summed E-state index contributed by atoms with van der Waals surface area (Å²) in [5.74, 6) is 0.555. The Morgan fingerprint density at radius 1 is 1.11 bits per heavy atom. The van der Waals surface area contributed by atoms with Gasteiger partial charge in [-0.05, 0) is 31.4 Å². The van der Waals surface area contributed by atoms with Crippen LogP contribution in [-0.4, -0.2) is 31.3 Å². The summed E-state index contributed by atoms with van der Waals surface area (Å²) >= 11 is 2.91. The van der Waals surface area contributed by atoms with Crippen molar-refractivity contribution in [1.82, 2.24) is 25.4 Å². The monoisotopic (exact) mass is 401 g/mol. The van der Waals surface area contributed by atoms with Gasteiger partial charge in [0.1, 0.15) is 10.0 Å². The van der Waals surface area contributed by atoms with E-state index in [4.69, 9.17) is 5.73 Å². The largest absolute Gasteiger partial charge is 0.374 e. The summed E-state index contributed by atoms with van der Waals surface area (Å²) < 4.78 is 0. The molecule has 27 heavy (non-hydrogen) atoms. The van der Waals surface area contributed by atoms with Gasteiger partial charge in [0.25, 0.3) is 0 Å². The molecule has 0 aliphatic heterocycles. The number of carbonyl (C=O) groups is 1. The molecule has 0 saturated heterocycles. The highest BCUT2D eigenvalue weighted by atomic mass is 32.1. The van der Waals surface area contributed by atoms with Gasteiger partial charge in [0.15, 0.2) is 0 Å². The zero-order valence-corrected chi connectivity index (χ0v) is 16.2. The molecule has 3 N–H and O–H groups in total. The standard InChI is InChI=1S/C17H19N7OS2/c18-16-23-21-14(26-16)10-4-3-5-11(8-10)15-22-24-17(27-15)20-13(25)9-12-6-1-2-7-19-12/h1-2,6-7,10-11H,3-5,8-9H2,(H2,18,23)(H,20,24,25). The van der Waals surface area contributed by atoms with Crippen molar-refractivity contribution in [2.75, 3.05) is 11.1 Å². The van der Waals surface area contributed by atoms with E-state index in [0.29, 0.717) is 22.1 Å². The number of amides is 1. The lowest BCUT2D eigenvalue weighted by molar-refractivity contribution is -0.115. The molecule has 1 aliphatic carbocycles. The molecule has 8 nitrogen and oxygen atoms in total. The third kappa shape index (κ3) is 4.45. The second-order valence-corrected chi connectivity index (χ2v) is 8.58. The predicted molar refractivity (Wildman–Crippen MR) is 105 cm³/mol. The van der Waals surface area contributed by atoms with Crippen molar-refractivity contribution in [1.29, 1.82) is 0 Å². The van der Waals surface area contributed by atoms with Crippen LogP contribution < -0.4 is 11.1 Å². The van der Waals surface area contributed by atoms with Crippen LogP contribution in [0.15, 0.2) is 24.4 Å². The molecule has 0 aromatic carbocycles. The predicted octanol–water partition coefficient (Wildman–Crippen LogP) is 2.99. The van der Waals surface area contributed by atoms with Gasteiger partial charge in [0.05, 0.1) is 6.42 Å². The van der Waals surface area contributed by atoms with E-state index in [1.807, 2.05) is 18.2 Å². The van der Waals surface area contributed by atoms with E-state index in [9.17, 15) is 4.79 Å². The number of anilines is 2. The third-order valence-electron chi connectivity index (χ3n) is 4.58. The quantitative estimate of drug-likeness (QED) is 0.674. The molecule has 0 bridgehead atoms. The van der Waals surface area contributed by atoms with Crippen LogP contribution in [0, 0.1) is 0 Å². The summed E-state index contributed by atoms with van der Waals surface area (Å²) in [4.78, 5) is 16.3. The number of hydrogen-bond donors (Lipinski definition) is 2. The molecule has 3 aromatic rings. The molecule has 3 heterocycles. The maximum Gasteiger partial charge on any atom is 0.232 e. The number of nitrogens with one attached hydrogen (secondary N) is 1.